The second-order valence-corrected chi connectivity index (χ2v) is 11.3. The zero-order valence-electron chi connectivity index (χ0n) is 22.4. The quantitative estimate of drug-likeness (QED) is 0.319. The Bertz CT molecular complexity index is 1210. The summed E-state index contributed by atoms with van der Waals surface area (Å²) in [6, 6.07) is 13.3. The SMILES string of the molecule is CCC[C@H](NC(=O)[C@@H](O)C(C)(C)C)C(=O)Nc1ncc(-c2ccccc2COc2c(C)cccc2C)s1. The van der Waals surface area contributed by atoms with Gasteiger partial charge in [-0.3, -0.25) is 9.59 Å². The summed E-state index contributed by atoms with van der Waals surface area (Å²) < 4.78 is 6.18. The Balaban J connectivity index is 1.72. The van der Waals surface area contributed by atoms with Crippen molar-refractivity contribution < 1.29 is 19.4 Å². The lowest BCUT2D eigenvalue weighted by atomic mass is 9.88. The Labute approximate surface area is 223 Å². The molecular weight excluding hydrogens is 486 g/mol. The Morgan fingerprint density at radius 3 is 2.38 bits per heavy atom. The molecule has 0 radical (unpaired) electrons. The van der Waals surface area contributed by atoms with Crippen LogP contribution >= 0.6 is 11.3 Å². The molecular formula is C29H37N3O4S. The molecule has 3 rings (SSSR count). The van der Waals surface area contributed by atoms with Crippen molar-refractivity contribution in [3.63, 3.8) is 0 Å². The van der Waals surface area contributed by atoms with Gasteiger partial charge in [0.25, 0.3) is 0 Å². The number of hydrogen-bond acceptors (Lipinski definition) is 6. The third-order valence-electron chi connectivity index (χ3n) is 6.08. The number of anilines is 1. The smallest absolute Gasteiger partial charge is 0.250 e. The van der Waals surface area contributed by atoms with Crippen molar-refractivity contribution in [2.45, 2.75) is 73.1 Å². The average molecular weight is 524 g/mol. The Hall–Kier alpha value is -3.23. The predicted octanol–water partition coefficient (Wildman–Crippen LogP) is 5.64. The van der Waals surface area contributed by atoms with Crippen LogP contribution in [0.5, 0.6) is 5.75 Å². The van der Waals surface area contributed by atoms with Gasteiger partial charge < -0.3 is 20.5 Å². The first-order chi connectivity index (χ1) is 17.5. The molecule has 3 N–H and O–H groups in total. The van der Waals surface area contributed by atoms with Gasteiger partial charge in [-0.05, 0) is 47.9 Å². The third-order valence-corrected chi connectivity index (χ3v) is 7.02. The number of ether oxygens (including phenoxy) is 1. The van der Waals surface area contributed by atoms with Crippen LogP contribution < -0.4 is 15.4 Å². The van der Waals surface area contributed by atoms with Crippen LogP contribution in [0.25, 0.3) is 10.4 Å². The van der Waals surface area contributed by atoms with Crippen LogP contribution in [0, 0.1) is 19.3 Å². The summed E-state index contributed by atoms with van der Waals surface area (Å²) in [6.07, 6.45) is 1.66. The molecule has 1 heterocycles. The highest BCUT2D eigenvalue weighted by atomic mass is 32.1. The van der Waals surface area contributed by atoms with E-state index in [2.05, 4.69) is 15.6 Å². The maximum absolute atomic E-state index is 13.0. The van der Waals surface area contributed by atoms with E-state index in [1.165, 1.54) is 11.3 Å². The van der Waals surface area contributed by atoms with E-state index >= 15 is 0 Å². The molecule has 0 saturated heterocycles. The van der Waals surface area contributed by atoms with Crippen molar-refractivity contribution in [2.24, 2.45) is 5.41 Å². The number of rotatable bonds is 10. The minimum Gasteiger partial charge on any atom is -0.488 e. The molecule has 0 saturated carbocycles. The summed E-state index contributed by atoms with van der Waals surface area (Å²) in [5.74, 6) is -0.0299. The van der Waals surface area contributed by atoms with Gasteiger partial charge in [0.1, 0.15) is 24.5 Å². The first-order valence-electron chi connectivity index (χ1n) is 12.5. The number of carbonyl (C=O) groups excluding carboxylic acids is 2. The largest absolute Gasteiger partial charge is 0.488 e. The Morgan fingerprint density at radius 1 is 1.05 bits per heavy atom. The average Bonchev–Trinajstić information content (AvgIpc) is 3.30. The molecule has 1 aromatic heterocycles. The van der Waals surface area contributed by atoms with Crippen molar-refractivity contribution in [2.75, 3.05) is 5.32 Å². The van der Waals surface area contributed by atoms with Gasteiger partial charge in [-0.2, -0.15) is 0 Å². The first kappa shape index (κ1) is 28.3. The summed E-state index contributed by atoms with van der Waals surface area (Å²) in [6.45, 7) is 11.7. The number of benzene rings is 2. The summed E-state index contributed by atoms with van der Waals surface area (Å²) in [5.41, 5.74) is 3.54. The fourth-order valence-corrected chi connectivity index (χ4v) is 4.79. The van der Waals surface area contributed by atoms with Gasteiger partial charge in [-0.15, -0.1) is 0 Å². The van der Waals surface area contributed by atoms with Crippen molar-refractivity contribution >= 4 is 28.3 Å². The van der Waals surface area contributed by atoms with Crippen LogP contribution in [0.3, 0.4) is 0 Å². The molecule has 7 nitrogen and oxygen atoms in total. The second-order valence-electron chi connectivity index (χ2n) is 10.3. The normalized spacial score (nSPS) is 13.1. The molecule has 198 valence electrons. The highest BCUT2D eigenvalue weighted by Crippen LogP contribution is 2.33. The topological polar surface area (TPSA) is 101 Å². The maximum atomic E-state index is 13.0. The molecule has 0 fully saturated rings. The van der Waals surface area contributed by atoms with Crippen LogP contribution in [0.2, 0.25) is 0 Å². The zero-order valence-corrected chi connectivity index (χ0v) is 23.2. The molecule has 3 aromatic rings. The van der Waals surface area contributed by atoms with E-state index in [9.17, 15) is 14.7 Å². The molecule has 2 amide bonds. The van der Waals surface area contributed by atoms with Crippen LogP contribution in [0.15, 0.2) is 48.7 Å². The van der Waals surface area contributed by atoms with Crippen LogP contribution in [-0.2, 0) is 16.2 Å². The number of aliphatic hydroxyl groups excluding tert-OH is 1. The van der Waals surface area contributed by atoms with Gasteiger partial charge in [-0.25, -0.2) is 4.98 Å². The van der Waals surface area contributed by atoms with Crippen LogP contribution in [0.4, 0.5) is 5.13 Å². The van der Waals surface area contributed by atoms with Crippen molar-refractivity contribution in [3.8, 4) is 16.2 Å². The predicted molar refractivity (Wildman–Crippen MR) is 149 cm³/mol. The van der Waals surface area contributed by atoms with Crippen LogP contribution in [0.1, 0.15) is 57.2 Å². The summed E-state index contributed by atoms with van der Waals surface area (Å²) in [4.78, 5) is 30.8. The standard InChI is InChI=1S/C29H37N3O4S/c1-7-11-22(31-27(35)25(33)29(4,5)6)26(34)32-28-30-16-23(37-28)21-15-9-8-14-20(21)17-36-24-18(2)12-10-13-19(24)3/h8-10,12-16,22,25,33H,7,11,17H2,1-6H3,(H,31,35)(H,30,32,34)/t22-,25+/m0/s1. The van der Waals surface area contributed by atoms with Crippen molar-refractivity contribution in [1.82, 2.24) is 10.3 Å². The molecule has 37 heavy (non-hydrogen) atoms. The van der Waals surface area contributed by atoms with Gasteiger partial charge in [0.2, 0.25) is 11.8 Å². The summed E-state index contributed by atoms with van der Waals surface area (Å²) in [7, 11) is 0. The zero-order chi connectivity index (χ0) is 27.2. The lowest BCUT2D eigenvalue weighted by Crippen LogP contribution is -2.50. The minimum absolute atomic E-state index is 0.358. The molecule has 0 bridgehead atoms. The minimum atomic E-state index is -1.21. The number of nitrogens with zero attached hydrogens (tertiary/aromatic N) is 1. The number of carbonyl (C=O) groups is 2. The monoisotopic (exact) mass is 523 g/mol. The molecule has 0 spiro atoms. The van der Waals surface area contributed by atoms with Crippen molar-refractivity contribution in [1.29, 1.82) is 0 Å². The molecule has 0 aliphatic heterocycles. The van der Waals surface area contributed by atoms with Gasteiger partial charge in [0, 0.05) is 6.20 Å². The van der Waals surface area contributed by atoms with E-state index < -0.39 is 23.5 Å². The fraction of sp³-hybridized carbons (Fsp3) is 0.414. The van der Waals surface area contributed by atoms with E-state index in [0.717, 1.165) is 32.9 Å². The van der Waals surface area contributed by atoms with E-state index in [1.54, 1.807) is 27.0 Å². The van der Waals surface area contributed by atoms with Gasteiger partial charge >= 0.3 is 0 Å². The fourth-order valence-electron chi connectivity index (χ4n) is 3.91. The highest BCUT2D eigenvalue weighted by Gasteiger charge is 2.32. The number of hydrogen-bond donors (Lipinski definition) is 3. The molecule has 8 heteroatoms. The molecule has 2 atom stereocenters. The molecule has 0 aliphatic rings. The number of aliphatic hydroxyl groups is 1. The number of aryl methyl sites for hydroxylation is 2. The lowest BCUT2D eigenvalue weighted by Gasteiger charge is -2.26. The lowest BCUT2D eigenvalue weighted by molar-refractivity contribution is -0.137. The number of aromatic nitrogens is 1. The second kappa shape index (κ2) is 12.3. The summed E-state index contributed by atoms with van der Waals surface area (Å²) >= 11 is 1.36. The molecule has 0 aliphatic carbocycles. The first-order valence-corrected chi connectivity index (χ1v) is 13.3. The van der Waals surface area contributed by atoms with E-state index in [-0.39, 0.29) is 5.91 Å². The number of amides is 2. The van der Waals surface area contributed by atoms with E-state index in [4.69, 9.17) is 4.74 Å². The Kier molecular flexibility index (Phi) is 9.45. The van der Waals surface area contributed by atoms with Gasteiger partial charge in [0.15, 0.2) is 5.13 Å². The molecule has 2 aromatic carbocycles. The van der Waals surface area contributed by atoms with E-state index in [1.807, 2.05) is 63.2 Å². The van der Waals surface area contributed by atoms with Gasteiger partial charge in [0.05, 0.1) is 4.88 Å². The van der Waals surface area contributed by atoms with Crippen LogP contribution in [-0.4, -0.2) is 34.1 Å². The van der Waals surface area contributed by atoms with Gasteiger partial charge in [-0.1, -0.05) is 87.9 Å². The number of nitrogens with one attached hydrogen (secondary N) is 2. The highest BCUT2D eigenvalue weighted by molar-refractivity contribution is 7.19. The Morgan fingerprint density at radius 2 is 1.73 bits per heavy atom. The van der Waals surface area contributed by atoms with E-state index in [0.29, 0.717) is 24.6 Å². The number of thiazole rings is 1. The van der Waals surface area contributed by atoms with Crippen molar-refractivity contribution in [3.05, 3.63) is 65.4 Å². The molecule has 0 unspecified atom stereocenters. The third kappa shape index (κ3) is 7.40. The maximum Gasteiger partial charge on any atom is 0.250 e. The number of para-hydroxylation sites is 1. The summed E-state index contributed by atoms with van der Waals surface area (Å²) in [5, 5.41) is 16.2.